The van der Waals surface area contributed by atoms with Crippen LogP contribution in [0.15, 0.2) is 12.4 Å². The highest BCUT2D eigenvalue weighted by atomic mass is 15.3. The van der Waals surface area contributed by atoms with Crippen molar-refractivity contribution in [1.82, 2.24) is 24.9 Å². The number of nitrogens with zero attached hydrogens (tertiary/aromatic N) is 4. The zero-order valence-electron chi connectivity index (χ0n) is 7.65. The molecule has 0 aliphatic carbocycles. The van der Waals surface area contributed by atoms with E-state index in [1.807, 2.05) is 24.4 Å². The Kier molecular flexibility index (Phi) is 1.94. The van der Waals surface area contributed by atoms with Crippen molar-refractivity contribution in [3.05, 3.63) is 23.9 Å². The number of fused-ring (bicyclic) bond motifs is 1. The quantitative estimate of drug-likeness (QED) is 0.709. The first-order valence-corrected chi connectivity index (χ1v) is 4.12. The molecule has 0 spiro atoms. The molecule has 0 bridgehead atoms. The second kappa shape index (κ2) is 3.10. The van der Waals surface area contributed by atoms with Crippen LogP contribution in [0.2, 0.25) is 0 Å². The lowest BCUT2D eigenvalue weighted by atomic mass is 10.4. The van der Waals surface area contributed by atoms with Gasteiger partial charge in [0, 0.05) is 11.8 Å². The Balaban J connectivity index is 2.55. The Morgan fingerprint density at radius 2 is 2.31 bits per heavy atom. The number of aromatic nitrogens is 4. The van der Waals surface area contributed by atoms with Gasteiger partial charge in [-0.25, -0.2) is 4.98 Å². The van der Waals surface area contributed by atoms with E-state index in [0.717, 1.165) is 17.2 Å². The van der Waals surface area contributed by atoms with Gasteiger partial charge in [-0.3, -0.25) is 4.40 Å². The van der Waals surface area contributed by atoms with Crippen LogP contribution in [-0.2, 0) is 6.54 Å². The molecule has 0 aliphatic rings. The third-order valence-corrected chi connectivity index (χ3v) is 1.84. The molecule has 0 atom stereocenters. The molecule has 5 heteroatoms. The molecule has 2 rings (SSSR count). The fraction of sp³-hybridized carbons (Fsp3) is 0.375. The largest absolute Gasteiger partial charge is 0.313 e. The predicted molar refractivity (Wildman–Crippen MR) is 48.3 cm³/mol. The normalized spacial score (nSPS) is 10.9. The molecule has 0 saturated heterocycles. The summed E-state index contributed by atoms with van der Waals surface area (Å²) in [6.45, 7) is 2.64. The maximum Gasteiger partial charge on any atom is 0.163 e. The van der Waals surface area contributed by atoms with Gasteiger partial charge in [-0.15, -0.1) is 10.2 Å². The number of nitrogens with one attached hydrogen (secondary N) is 1. The van der Waals surface area contributed by atoms with Gasteiger partial charge < -0.3 is 5.32 Å². The highest BCUT2D eigenvalue weighted by Crippen LogP contribution is 2.03. The Morgan fingerprint density at radius 3 is 3.08 bits per heavy atom. The Labute approximate surface area is 75.8 Å². The van der Waals surface area contributed by atoms with Gasteiger partial charge in [0.1, 0.15) is 6.33 Å². The molecule has 13 heavy (non-hydrogen) atoms. The van der Waals surface area contributed by atoms with E-state index in [-0.39, 0.29) is 0 Å². The van der Waals surface area contributed by atoms with Crippen molar-refractivity contribution in [1.29, 1.82) is 0 Å². The van der Waals surface area contributed by atoms with Gasteiger partial charge in [-0.1, -0.05) is 0 Å². The Hall–Kier alpha value is -1.49. The summed E-state index contributed by atoms with van der Waals surface area (Å²) in [4.78, 5) is 4.18. The zero-order chi connectivity index (χ0) is 9.26. The Morgan fingerprint density at radius 1 is 1.46 bits per heavy atom. The van der Waals surface area contributed by atoms with Gasteiger partial charge in [-0.2, -0.15) is 0 Å². The second-order valence-corrected chi connectivity index (χ2v) is 2.91. The van der Waals surface area contributed by atoms with E-state index in [0.29, 0.717) is 6.54 Å². The van der Waals surface area contributed by atoms with Crippen molar-refractivity contribution in [2.24, 2.45) is 0 Å². The van der Waals surface area contributed by atoms with Gasteiger partial charge in [0.15, 0.2) is 11.5 Å². The van der Waals surface area contributed by atoms with Crippen molar-refractivity contribution in [2.75, 3.05) is 7.05 Å². The minimum atomic E-state index is 0.700. The fourth-order valence-electron chi connectivity index (χ4n) is 1.21. The molecule has 0 saturated carbocycles. The molecule has 0 fully saturated rings. The van der Waals surface area contributed by atoms with E-state index in [4.69, 9.17) is 0 Å². The summed E-state index contributed by atoms with van der Waals surface area (Å²) >= 11 is 0. The summed E-state index contributed by atoms with van der Waals surface area (Å²) in [6.07, 6.45) is 1.75. The summed E-state index contributed by atoms with van der Waals surface area (Å²) in [5.74, 6) is 0.880. The van der Waals surface area contributed by atoms with Crippen LogP contribution in [0.25, 0.3) is 5.65 Å². The van der Waals surface area contributed by atoms with E-state index in [2.05, 4.69) is 20.5 Å². The average molecular weight is 177 g/mol. The molecule has 0 aromatic carbocycles. The first-order chi connectivity index (χ1) is 6.31. The second-order valence-electron chi connectivity index (χ2n) is 2.91. The van der Waals surface area contributed by atoms with Crippen LogP contribution >= 0.6 is 0 Å². The first-order valence-electron chi connectivity index (χ1n) is 4.12. The van der Waals surface area contributed by atoms with E-state index < -0.39 is 0 Å². The van der Waals surface area contributed by atoms with Gasteiger partial charge in [-0.05, 0) is 14.0 Å². The summed E-state index contributed by atoms with van der Waals surface area (Å²) < 4.78 is 1.88. The molecule has 0 unspecified atom stereocenters. The van der Waals surface area contributed by atoms with Crippen LogP contribution in [0, 0.1) is 6.92 Å². The summed E-state index contributed by atoms with van der Waals surface area (Å²) in [5.41, 5.74) is 1.80. The lowest BCUT2D eigenvalue weighted by molar-refractivity contribution is 0.743. The van der Waals surface area contributed by atoms with Crippen molar-refractivity contribution >= 4 is 5.65 Å². The molecule has 68 valence electrons. The van der Waals surface area contributed by atoms with Crippen molar-refractivity contribution in [3.63, 3.8) is 0 Å². The number of hydrogen-bond acceptors (Lipinski definition) is 4. The first kappa shape index (κ1) is 8.12. The SMILES string of the molecule is CNCc1nnc2cc(C)ncn12. The molecular formula is C8H11N5. The smallest absolute Gasteiger partial charge is 0.163 e. The number of aryl methyl sites for hydroxylation is 1. The van der Waals surface area contributed by atoms with E-state index in [1.54, 1.807) is 6.33 Å². The fourth-order valence-corrected chi connectivity index (χ4v) is 1.21. The number of rotatable bonds is 2. The molecule has 2 aromatic rings. The van der Waals surface area contributed by atoms with Gasteiger partial charge in [0.25, 0.3) is 0 Å². The molecule has 0 aliphatic heterocycles. The maximum atomic E-state index is 4.18. The average Bonchev–Trinajstić information content (AvgIpc) is 2.49. The van der Waals surface area contributed by atoms with Crippen LogP contribution < -0.4 is 5.32 Å². The van der Waals surface area contributed by atoms with E-state index >= 15 is 0 Å². The van der Waals surface area contributed by atoms with E-state index in [9.17, 15) is 0 Å². The van der Waals surface area contributed by atoms with E-state index in [1.165, 1.54) is 0 Å². The monoisotopic (exact) mass is 177 g/mol. The molecule has 0 amide bonds. The highest BCUT2D eigenvalue weighted by Gasteiger charge is 2.03. The maximum absolute atomic E-state index is 4.18. The molecule has 2 aromatic heterocycles. The van der Waals surface area contributed by atoms with Crippen molar-refractivity contribution < 1.29 is 0 Å². The predicted octanol–water partition coefficient (Wildman–Crippen LogP) is 0.152. The summed E-state index contributed by atoms with van der Waals surface area (Å²) in [5, 5.41) is 11.1. The van der Waals surface area contributed by atoms with Crippen LogP contribution in [0.5, 0.6) is 0 Å². The molecule has 2 heterocycles. The van der Waals surface area contributed by atoms with Gasteiger partial charge >= 0.3 is 0 Å². The third kappa shape index (κ3) is 1.38. The van der Waals surface area contributed by atoms with Gasteiger partial charge in [0.05, 0.1) is 6.54 Å². The third-order valence-electron chi connectivity index (χ3n) is 1.84. The minimum Gasteiger partial charge on any atom is -0.313 e. The molecule has 0 radical (unpaired) electrons. The topological polar surface area (TPSA) is 55.1 Å². The lowest BCUT2D eigenvalue weighted by Gasteiger charge is -1.97. The molecule has 5 nitrogen and oxygen atoms in total. The Bertz CT molecular complexity index is 419. The standard InChI is InChI=1S/C8H11N5/c1-6-3-7-11-12-8(4-9-2)13(7)5-10-6/h3,5,9H,4H2,1-2H3. The van der Waals surface area contributed by atoms with Crippen LogP contribution in [0.1, 0.15) is 11.5 Å². The van der Waals surface area contributed by atoms with Gasteiger partial charge in [0.2, 0.25) is 0 Å². The number of hydrogen-bond donors (Lipinski definition) is 1. The van der Waals surface area contributed by atoms with Crippen LogP contribution in [-0.4, -0.2) is 26.6 Å². The molecule has 1 N–H and O–H groups in total. The molecular weight excluding hydrogens is 166 g/mol. The van der Waals surface area contributed by atoms with Crippen LogP contribution in [0.4, 0.5) is 0 Å². The lowest BCUT2D eigenvalue weighted by Crippen LogP contribution is -2.09. The zero-order valence-corrected chi connectivity index (χ0v) is 7.65. The van der Waals surface area contributed by atoms with Crippen molar-refractivity contribution in [3.8, 4) is 0 Å². The minimum absolute atomic E-state index is 0.700. The van der Waals surface area contributed by atoms with Crippen molar-refractivity contribution in [2.45, 2.75) is 13.5 Å². The van der Waals surface area contributed by atoms with Crippen LogP contribution in [0.3, 0.4) is 0 Å². The summed E-state index contributed by atoms with van der Waals surface area (Å²) in [6, 6.07) is 1.91. The summed E-state index contributed by atoms with van der Waals surface area (Å²) in [7, 11) is 1.88. The highest BCUT2D eigenvalue weighted by molar-refractivity contribution is 5.37.